The molecule has 0 N–H and O–H groups in total. The molecule has 0 aromatic rings. The van der Waals surface area contributed by atoms with E-state index < -0.39 is 67.6 Å². The lowest BCUT2D eigenvalue weighted by atomic mass is 9.85. The molecule has 1 atom stereocenters. The summed E-state index contributed by atoms with van der Waals surface area (Å²) >= 11 is 0. The van der Waals surface area contributed by atoms with Crippen LogP contribution in [0.5, 0.6) is 0 Å². The fraction of sp³-hybridized carbons (Fsp3) is 1.00. The van der Waals surface area contributed by atoms with E-state index in [1.807, 2.05) is 0 Å². The van der Waals surface area contributed by atoms with Crippen molar-refractivity contribution in [2.75, 3.05) is 0 Å². The summed E-state index contributed by atoms with van der Waals surface area (Å²) in [6.45, 7) is 0. The molecule has 0 rings (SSSR count). The van der Waals surface area contributed by atoms with Crippen LogP contribution < -0.4 is 0 Å². The molecule has 0 bridgehead atoms. The fourth-order valence-corrected chi connectivity index (χ4v) is 1.99. The zero-order valence-corrected chi connectivity index (χ0v) is 12.3. The van der Waals surface area contributed by atoms with Crippen molar-refractivity contribution in [1.82, 2.24) is 0 Å². The average molecular weight is 444 g/mol. The molecule has 0 aliphatic rings. The maximum Gasteiger partial charge on any atom is 0.431 e. The standard InChI is InChI=1S/C11H8F16/c12-6(10(22,23)24,11(25,26)27)3-4(7(13,14)15)1-2-5(8(16,17)18)9(19,20)21/h4-5H,1-3H2. The van der Waals surface area contributed by atoms with Gasteiger partial charge in [0.1, 0.15) is 0 Å². The second kappa shape index (κ2) is 7.37. The first kappa shape index (κ1) is 25.9. The van der Waals surface area contributed by atoms with Crippen molar-refractivity contribution in [2.45, 2.75) is 55.8 Å². The van der Waals surface area contributed by atoms with E-state index in [4.69, 9.17) is 0 Å². The molecule has 0 aromatic carbocycles. The van der Waals surface area contributed by atoms with Gasteiger partial charge in [0.2, 0.25) is 0 Å². The predicted octanol–water partition coefficient (Wildman–Crippen LogP) is 6.91. The Hall–Kier alpha value is -1.12. The summed E-state index contributed by atoms with van der Waals surface area (Å²) in [5.41, 5.74) is -6.48. The van der Waals surface area contributed by atoms with Gasteiger partial charge in [0.05, 0.1) is 5.92 Å². The molecule has 0 saturated heterocycles. The molecule has 0 spiro atoms. The predicted molar refractivity (Wildman–Crippen MR) is 54.9 cm³/mol. The number of alkyl halides is 16. The molecule has 1 unspecified atom stereocenters. The van der Waals surface area contributed by atoms with E-state index in [1.54, 1.807) is 0 Å². The molecule has 0 aromatic heterocycles. The van der Waals surface area contributed by atoms with Crippen molar-refractivity contribution in [3.05, 3.63) is 0 Å². The van der Waals surface area contributed by atoms with Crippen molar-refractivity contribution in [3.8, 4) is 0 Å². The van der Waals surface area contributed by atoms with Gasteiger partial charge in [0, 0.05) is 6.42 Å². The molecule has 0 aliphatic carbocycles. The Labute approximate surface area is 139 Å². The molecule has 0 fully saturated rings. The molecular formula is C11H8F16. The zero-order valence-electron chi connectivity index (χ0n) is 12.3. The van der Waals surface area contributed by atoms with Crippen LogP contribution in [0.3, 0.4) is 0 Å². The van der Waals surface area contributed by atoms with Gasteiger partial charge in [-0.3, -0.25) is 0 Å². The summed E-state index contributed by atoms with van der Waals surface area (Å²) < 4.78 is 198. The van der Waals surface area contributed by atoms with Crippen LogP contribution in [0, 0.1) is 11.8 Å². The lowest BCUT2D eigenvalue weighted by molar-refractivity contribution is -0.353. The van der Waals surface area contributed by atoms with Gasteiger partial charge in [-0.2, -0.15) is 65.9 Å². The van der Waals surface area contributed by atoms with Crippen LogP contribution in [-0.2, 0) is 0 Å². The summed E-state index contributed by atoms with van der Waals surface area (Å²) in [7, 11) is 0. The first-order valence-corrected chi connectivity index (χ1v) is 6.47. The summed E-state index contributed by atoms with van der Waals surface area (Å²) in [5.74, 6) is -8.52. The van der Waals surface area contributed by atoms with Crippen molar-refractivity contribution in [2.24, 2.45) is 11.8 Å². The van der Waals surface area contributed by atoms with E-state index >= 15 is 0 Å². The molecule has 0 amide bonds. The van der Waals surface area contributed by atoms with Crippen molar-refractivity contribution < 1.29 is 70.2 Å². The third-order valence-corrected chi connectivity index (χ3v) is 3.48. The maximum absolute atomic E-state index is 13.4. The molecular weight excluding hydrogens is 436 g/mol. The van der Waals surface area contributed by atoms with Gasteiger partial charge in [-0.25, -0.2) is 4.39 Å². The van der Waals surface area contributed by atoms with E-state index in [9.17, 15) is 70.2 Å². The lowest BCUT2D eigenvalue weighted by Gasteiger charge is -2.34. The van der Waals surface area contributed by atoms with Gasteiger partial charge in [-0.05, 0) is 12.8 Å². The van der Waals surface area contributed by atoms with Crippen molar-refractivity contribution in [3.63, 3.8) is 0 Å². The smallest absolute Gasteiger partial charge is 0.224 e. The average Bonchev–Trinajstić information content (AvgIpc) is 2.29. The van der Waals surface area contributed by atoms with Gasteiger partial charge in [0.15, 0.2) is 5.92 Å². The van der Waals surface area contributed by atoms with Crippen LogP contribution in [0.15, 0.2) is 0 Å². The minimum absolute atomic E-state index is 2.47. The topological polar surface area (TPSA) is 0 Å². The third-order valence-electron chi connectivity index (χ3n) is 3.48. The van der Waals surface area contributed by atoms with Gasteiger partial charge in [-0.15, -0.1) is 0 Å². The van der Waals surface area contributed by atoms with Crippen LogP contribution in [0.2, 0.25) is 0 Å². The first-order chi connectivity index (χ1) is 11.4. The molecule has 0 saturated carbocycles. The van der Waals surface area contributed by atoms with E-state index in [2.05, 4.69) is 0 Å². The van der Waals surface area contributed by atoms with Crippen LogP contribution in [0.1, 0.15) is 19.3 Å². The number of rotatable bonds is 5. The third kappa shape index (κ3) is 6.47. The van der Waals surface area contributed by atoms with E-state index in [1.165, 1.54) is 0 Å². The highest BCUT2D eigenvalue weighted by Crippen LogP contribution is 2.53. The Bertz CT molecular complexity index is 443. The summed E-state index contributed by atoms with van der Waals surface area (Å²) in [6.07, 6.45) is -40.8. The highest BCUT2D eigenvalue weighted by Gasteiger charge is 2.73. The Morgan fingerprint density at radius 2 is 0.778 bits per heavy atom. The van der Waals surface area contributed by atoms with Gasteiger partial charge >= 0.3 is 30.9 Å². The Kier molecular flexibility index (Phi) is 7.06. The second-order valence-corrected chi connectivity index (χ2v) is 5.45. The van der Waals surface area contributed by atoms with E-state index in [0.29, 0.717) is 0 Å². The molecule has 16 heteroatoms. The van der Waals surface area contributed by atoms with E-state index in [0.717, 1.165) is 0 Å². The SMILES string of the molecule is FC(F)(F)C(CCC(C(F)(F)F)C(F)(F)F)CC(F)(C(F)(F)F)C(F)(F)F. The highest BCUT2D eigenvalue weighted by molar-refractivity contribution is 4.97. The van der Waals surface area contributed by atoms with Gasteiger partial charge in [-0.1, -0.05) is 0 Å². The molecule has 27 heavy (non-hydrogen) atoms. The summed E-state index contributed by atoms with van der Waals surface area (Å²) in [5, 5.41) is 0. The molecule has 0 nitrogen and oxygen atoms in total. The quantitative estimate of drug-likeness (QED) is 0.405. The minimum Gasteiger partial charge on any atom is -0.224 e. The minimum atomic E-state index is -6.94. The van der Waals surface area contributed by atoms with E-state index in [-0.39, 0.29) is 0 Å². The molecule has 0 heterocycles. The van der Waals surface area contributed by atoms with Gasteiger partial charge in [0.25, 0.3) is 5.67 Å². The molecule has 0 radical (unpaired) electrons. The summed E-state index contributed by atoms with van der Waals surface area (Å²) in [6, 6.07) is 0. The largest absolute Gasteiger partial charge is 0.431 e. The van der Waals surface area contributed by atoms with Crippen LogP contribution in [0.25, 0.3) is 0 Å². The van der Waals surface area contributed by atoms with Crippen molar-refractivity contribution in [1.29, 1.82) is 0 Å². The van der Waals surface area contributed by atoms with Crippen LogP contribution in [0.4, 0.5) is 70.2 Å². The number of hydrogen-bond donors (Lipinski definition) is 0. The van der Waals surface area contributed by atoms with Crippen LogP contribution in [-0.4, -0.2) is 36.6 Å². The second-order valence-electron chi connectivity index (χ2n) is 5.45. The van der Waals surface area contributed by atoms with Gasteiger partial charge < -0.3 is 0 Å². The number of hydrogen-bond acceptors (Lipinski definition) is 0. The van der Waals surface area contributed by atoms with Crippen molar-refractivity contribution >= 4 is 0 Å². The maximum atomic E-state index is 13.4. The monoisotopic (exact) mass is 444 g/mol. The molecule has 164 valence electrons. The lowest BCUT2D eigenvalue weighted by Crippen LogP contribution is -2.55. The Balaban J connectivity index is 5.79. The Morgan fingerprint density at radius 3 is 1.00 bits per heavy atom. The Morgan fingerprint density at radius 1 is 0.444 bits per heavy atom. The normalized spacial score (nSPS) is 16.8. The fourth-order valence-electron chi connectivity index (χ4n) is 1.99. The zero-order chi connectivity index (χ0) is 22.3. The highest BCUT2D eigenvalue weighted by atomic mass is 19.4. The molecule has 0 aliphatic heterocycles. The first-order valence-electron chi connectivity index (χ1n) is 6.47. The summed E-state index contributed by atoms with van der Waals surface area (Å²) in [4.78, 5) is 0. The van der Waals surface area contributed by atoms with Crippen LogP contribution >= 0.6 is 0 Å². The number of halogens is 16.